The maximum atomic E-state index is 12.0. The van der Waals surface area contributed by atoms with Crippen LogP contribution in [-0.4, -0.2) is 38.4 Å². The summed E-state index contributed by atoms with van der Waals surface area (Å²) in [5.41, 5.74) is 5.62. The fourth-order valence-corrected chi connectivity index (χ4v) is 3.49. The molecule has 3 N–H and O–H groups in total. The summed E-state index contributed by atoms with van der Waals surface area (Å²) in [5, 5.41) is 0. The van der Waals surface area contributed by atoms with Crippen molar-refractivity contribution in [2.45, 2.75) is 45.6 Å². The number of hydrogen-bond donors (Lipinski definition) is 2. The molecule has 2 unspecified atom stereocenters. The summed E-state index contributed by atoms with van der Waals surface area (Å²) in [6.45, 7) is 5.79. The first kappa shape index (κ1) is 14.9. The zero-order valence-corrected chi connectivity index (χ0v) is 11.7. The van der Waals surface area contributed by atoms with E-state index >= 15 is 0 Å². The van der Waals surface area contributed by atoms with E-state index in [4.69, 9.17) is 5.73 Å². The van der Waals surface area contributed by atoms with Gasteiger partial charge < -0.3 is 5.73 Å². The van der Waals surface area contributed by atoms with Gasteiger partial charge in [0.15, 0.2) is 0 Å². The van der Waals surface area contributed by atoms with E-state index in [9.17, 15) is 8.42 Å². The van der Waals surface area contributed by atoms with Crippen molar-refractivity contribution in [2.75, 3.05) is 19.6 Å². The quantitative estimate of drug-likeness (QED) is 0.692. The van der Waals surface area contributed by atoms with Crippen molar-refractivity contribution in [3.05, 3.63) is 0 Å². The van der Waals surface area contributed by atoms with Crippen molar-refractivity contribution in [3.63, 3.8) is 0 Å². The Morgan fingerprint density at radius 1 is 1.53 bits per heavy atom. The number of nitrogens with zero attached hydrogens (tertiary/aromatic N) is 1. The Morgan fingerprint density at radius 2 is 2.24 bits per heavy atom. The molecule has 17 heavy (non-hydrogen) atoms. The van der Waals surface area contributed by atoms with E-state index < -0.39 is 10.2 Å². The predicted octanol–water partition coefficient (Wildman–Crippen LogP) is 0.680. The largest absolute Gasteiger partial charge is 0.328 e. The summed E-state index contributed by atoms with van der Waals surface area (Å²) in [4.78, 5) is 0. The zero-order valence-electron chi connectivity index (χ0n) is 10.9. The summed E-state index contributed by atoms with van der Waals surface area (Å²) in [6, 6.07) is 0.134. The van der Waals surface area contributed by atoms with E-state index in [0.717, 1.165) is 25.7 Å². The second kappa shape index (κ2) is 6.68. The molecule has 5 nitrogen and oxygen atoms in total. The Hall–Kier alpha value is -0.170. The van der Waals surface area contributed by atoms with Gasteiger partial charge in [0.1, 0.15) is 0 Å². The van der Waals surface area contributed by atoms with Gasteiger partial charge in [-0.15, -0.1) is 0 Å². The minimum atomic E-state index is -3.27. The van der Waals surface area contributed by atoms with E-state index in [-0.39, 0.29) is 6.04 Å². The van der Waals surface area contributed by atoms with Crippen LogP contribution in [0.25, 0.3) is 0 Å². The first-order valence-corrected chi connectivity index (χ1v) is 7.86. The lowest BCUT2D eigenvalue weighted by molar-refractivity contribution is 0.278. The van der Waals surface area contributed by atoms with Gasteiger partial charge in [-0.3, -0.25) is 0 Å². The van der Waals surface area contributed by atoms with Crippen LogP contribution < -0.4 is 10.5 Å². The standard InChI is InChI=1S/C11H25N3O2S/c1-10-5-4-8-14(9-10)17(15,16)13-7-3-6-11(2)12/h10-11,13H,3-9,12H2,1-2H3. The fourth-order valence-electron chi connectivity index (χ4n) is 2.08. The first-order chi connectivity index (χ1) is 7.92. The van der Waals surface area contributed by atoms with Gasteiger partial charge in [0.2, 0.25) is 0 Å². The van der Waals surface area contributed by atoms with Gasteiger partial charge in [-0.25, -0.2) is 4.72 Å². The molecule has 1 aliphatic rings. The van der Waals surface area contributed by atoms with Crippen LogP contribution in [0.5, 0.6) is 0 Å². The van der Waals surface area contributed by atoms with Gasteiger partial charge in [0.25, 0.3) is 10.2 Å². The Morgan fingerprint density at radius 3 is 2.82 bits per heavy atom. The van der Waals surface area contributed by atoms with Gasteiger partial charge in [-0.2, -0.15) is 12.7 Å². The average Bonchev–Trinajstić information content (AvgIpc) is 2.24. The maximum Gasteiger partial charge on any atom is 0.279 e. The topological polar surface area (TPSA) is 75.4 Å². The van der Waals surface area contributed by atoms with E-state index in [0.29, 0.717) is 25.6 Å². The minimum absolute atomic E-state index is 0.134. The fraction of sp³-hybridized carbons (Fsp3) is 1.00. The average molecular weight is 263 g/mol. The van der Waals surface area contributed by atoms with Crippen molar-refractivity contribution in [3.8, 4) is 0 Å². The van der Waals surface area contributed by atoms with Crippen molar-refractivity contribution in [1.29, 1.82) is 0 Å². The molecule has 0 aliphatic carbocycles. The summed E-state index contributed by atoms with van der Waals surface area (Å²) < 4.78 is 28.1. The molecule has 6 heteroatoms. The molecule has 1 heterocycles. The minimum Gasteiger partial charge on any atom is -0.328 e. The van der Waals surface area contributed by atoms with Gasteiger partial charge in [-0.05, 0) is 38.5 Å². The highest BCUT2D eigenvalue weighted by molar-refractivity contribution is 7.87. The second-order valence-corrected chi connectivity index (χ2v) is 6.88. The molecule has 0 amide bonds. The maximum absolute atomic E-state index is 12.0. The van der Waals surface area contributed by atoms with E-state index in [1.165, 1.54) is 0 Å². The molecule has 1 fully saturated rings. The molecule has 0 bridgehead atoms. The van der Waals surface area contributed by atoms with Crippen molar-refractivity contribution < 1.29 is 8.42 Å². The Labute approximate surface area is 105 Å². The number of piperidine rings is 1. The molecule has 1 saturated heterocycles. The second-order valence-electron chi connectivity index (χ2n) is 5.12. The Kier molecular flexibility index (Phi) is 5.85. The molecule has 0 radical (unpaired) electrons. The van der Waals surface area contributed by atoms with E-state index in [1.54, 1.807) is 4.31 Å². The molecule has 1 aliphatic heterocycles. The van der Waals surface area contributed by atoms with Gasteiger partial charge in [0.05, 0.1) is 0 Å². The number of nitrogens with two attached hydrogens (primary N) is 1. The van der Waals surface area contributed by atoms with Crippen LogP contribution in [0.3, 0.4) is 0 Å². The molecular formula is C11H25N3O2S. The normalized spacial score (nSPS) is 24.8. The van der Waals surface area contributed by atoms with Crippen LogP contribution in [0.15, 0.2) is 0 Å². The molecule has 0 aromatic heterocycles. The van der Waals surface area contributed by atoms with Crippen LogP contribution in [-0.2, 0) is 10.2 Å². The van der Waals surface area contributed by atoms with E-state index in [1.807, 2.05) is 6.92 Å². The smallest absolute Gasteiger partial charge is 0.279 e. The molecule has 0 saturated carbocycles. The third-order valence-corrected chi connectivity index (χ3v) is 4.66. The van der Waals surface area contributed by atoms with Gasteiger partial charge >= 0.3 is 0 Å². The molecule has 0 aromatic carbocycles. The molecule has 0 spiro atoms. The van der Waals surface area contributed by atoms with Crippen LogP contribution in [0, 0.1) is 5.92 Å². The monoisotopic (exact) mass is 263 g/mol. The summed E-state index contributed by atoms with van der Waals surface area (Å²) in [7, 11) is -3.27. The lowest BCUT2D eigenvalue weighted by Crippen LogP contribution is -2.45. The molecular weight excluding hydrogens is 238 g/mol. The van der Waals surface area contributed by atoms with Gasteiger partial charge in [0, 0.05) is 25.7 Å². The highest BCUT2D eigenvalue weighted by Crippen LogP contribution is 2.17. The Bertz CT molecular complexity index is 317. The SMILES string of the molecule is CC(N)CCCNS(=O)(=O)N1CCCC(C)C1. The third kappa shape index (κ3) is 5.33. The summed E-state index contributed by atoms with van der Waals surface area (Å²) >= 11 is 0. The molecule has 0 aromatic rings. The number of hydrogen-bond acceptors (Lipinski definition) is 3. The van der Waals surface area contributed by atoms with Crippen molar-refractivity contribution in [1.82, 2.24) is 9.03 Å². The number of nitrogens with one attached hydrogen (secondary N) is 1. The third-order valence-electron chi connectivity index (χ3n) is 3.08. The van der Waals surface area contributed by atoms with Gasteiger partial charge in [-0.1, -0.05) is 6.92 Å². The Balaban J connectivity index is 2.34. The van der Waals surface area contributed by atoms with Crippen molar-refractivity contribution >= 4 is 10.2 Å². The highest BCUT2D eigenvalue weighted by atomic mass is 32.2. The predicted molar refractivity (Wildman–Crippen MR) is 69.8 cm³/mol. The number of rotatable bonds is 6. The molecule has 1 rings (SSSR count). The van der Waals surface area contributed by atoms with Crippen LogP contribution in [0.4, 0.5) is 0 Å². The van der Waals surface area contributed by atoms with Crippen molar-refractivity contribution in [2.24, 2.45) is 11.7 Å². The zero-order chi connectivity index (χ0) is 12.9. The highest BCUT2D eigenvalue weighted by Gasteiger charge is 2.26. The lowest BCUT2D eigenvalue weighted by Gasteiger charge is -2.30. The van der Waals surface area contributed by atoms with E-state index in [2.05, 4.69) is 11.6 Å². The first-order valence-electron chi connectivity index (χ1n) is 6.42. The van der Waals surface area contributed by atoms with Crippen LogP contribution >= 0.6 is 0 Å². The summed E-state index contributed by atoms with van der Waals surface area (Å²) in [5.74, 6) is 0.462. The lowest BCUT2D eigenvalue weighted by atomic mass is 10.0. The molecule has 2 atom stereocenters. The van der Waals surface area contributed by atoms with Crippen LogP contribution in [0.1, 0.15) is 39.5 Å². The molecule has 102 valence electrons. The van der Waals surface area contributed by atoms with Crippen LogP contribution in [0.2, 0.25) is 0 Å². The summed E-state index contributed by atoms with van der Waals surface area (Å²) in [6.07, 6.45) is 3.72.